The van der Waals surface area contributed by atoms with E-state index in [9.17, 15) is 4.79 Å². The topological polar surface area (TPSA) is 48.0 Å². The number of methoxy groups -OCH3 is 3. The Bertz CT molecular complexity index is 556. The number of hydrogen-bond acceptors (Lipinski definition) is 5. The van der Waals surface area contributed by atoms with Gasteiger partial charge >= 0.3 is 5.97 Å². The van der Waals surface area contributed by atoms with Gasteiger partial charge < -0.3 is 14.2 Å². The molecule has 0 aromatic heterocycles. The number of esters is 1. The van der Waals surface area contributed by atoms with Gasteiger partial charge in [-0.05, 0) is 29.7 Å². The Balaban J connectivity index is 2.43. The third-order valence-electron chi connectivity index (χ3n) is 4.06. The molecule has 2 rings (SSSR count). The Labute approximate surface area is 131 Å². The average molecular weight is 305 g/mol. The molecule has 1 atom stereocenters. The Morgan fingerprint density at radius 2 is 2.00 bits per heavy atom. The molecule has 0 saturated carbocycles. The lowest BCUT2D eigenvalue weighted by Crippen LogP contribution is -2.37. The molecule has 0 amide bonds. The second-order valence-corrected chi connectivity index (χ2v) is 5.24. The van der Waals surface area contributed by atoms with E-state index in [1.165, 1.54) is 12.7 Å². The number of hydrogen-bond donors (Lipinski definition) is 0. The average Bonchev–Trinajstić information content (AvgIpc) is 2.55. The van der Waals surface area contributed by atoms with Gasteiger partial charge in [-0.2, -0.15) is 0 Å². The number of carbonyl (C=O) groups excluding carboxylic acids is 1. The highest BCUT2D eigenvalue weighted by Gasteiger charge is 2.30. The normalized spacial score (nSPS) is 17.5. The molecule has 1 aliphatic rings. The van der Waals surface area contributed by atoms with Gasteiger partial charge in [-0.15, -0.1) is 6.58 Å². The van der Waals surface area contributed by atoms with Crippen molar-refractivity contribution in [3.05, 3.63) is 35.9 Å². The van der Waals surface area contributed by atoms with Crippen LogP contribution in [-0.2, 0) is 16.0 Å². The molecular weight excluding hydrogens is 282 g/mol. The van der Waals surface area contributed by atoms with Crippen LogP contribution in [0.4, 0.5) is 0 Å². The first-order valence-corrected chi connectivity index (χ1v) is 7.31. The molecule has 120 valence electrons. The van der Waals surface area contributed by atoms with Crippen LogP contribution < -0.4 is 9.47 Å². The fourth-order valence-electron chi connectivity index (χ4n) is 2.94. The van der Waals surface area contributed by atoms with Crippen molar-refractivity contribution in [2.45, 2.75) is 18.9 Å². The predicted molar refractivity (Wildman–Crippen MR) is 84.4 cm³/mol. The van der Waals surface area contributed by atoms with Gasteiger partial charge in [0.2, 0.25) is 0 Å². The molecule has 0 radical (unpaired) electrons. The van der Waals surface area contributed by atoms with Gasteiger partial charge in [-0.1, -0.05) is 6.08 Å². The lowest BCUT2D eigenvalue weighted by Gasteiger charge is -2.36. The summed E-state index contributed by atoms with van der Waals surface area (Å²) in [5.41, 5.74) is 2.28. The molecule has 5 nitrogen and oxygen atoms in total. The van der Waals surface area contributed by atoms with Crippen LogP contribution in [0.5, 0.6) is 11.5 Å². The summed E-state index contributed by atoms with van der Waals surface area (Å²) in [7, 11) is 4.66. The minimum absolute atomic E-state index is 0.0333. The lowest BCUT2D eigenvalue weighted by molar-refractivity contribution is -0.142. The van der Waals surface area contributed by atoms with E-state index in [2.05, 4.69) is 11.5 Å². The molecule has 22 heavy (non-hydrogen) atoms. The second kappa shape index (κ2) is 7.31. The summed E-state index contributed by atoms with van der Waals surface area (Å²) in [6, 6.07) is 3.94. The van der Waals surface area contributed by atoms with E-state index in [0.717, 1.165) is 30.8 Å². The van der Waals surface area contributed by atoms with Gasteiger partial charge in [-0.3, -0.25) is 9.69 Å². The van der Waals surface area contributed by atoms with Crippen molar-refractivity contribution in [3.63, 3.8) is 0 Å². The lowest BCUT2D eigenvalue weighted by atomic mass is 9.90. The van der Waals surface area contributed by atoms with Crippen molar-refractivity contribution in [3.8, 4) is 11.5 Å². The van der Waals surface area contributed by atoms with Crippen LogP contribution in [-0.4, -0.2) is 45.3 Å². The first-order valence-electron chi connectivity index (χ1n) is 7.31. The molecule has 0 aliphatic carbocycles. The number of carbonyl (C=O) groups is 1. The Morgan fingerprint density at radius 1 is 1.32 bits per heavy atom. The quantitative estimate of drug-likeness (QED) is 0.596. The van der Waals surface area contributed by atoms with Crippen LogP contribution in [0.3, 0.4) is 0 Å². The molecule has 1 aromatic rings. The molecule has 0 saturated heterocycles. The molecule has 0 spiro atoms. The van der Waals surface area contributed by atoms with Gasteiger partial charge in [0.05, 0.1) is 27.8 Å². The summed E-state index contributed by atoms with van der Waals surface area (Å²) in [6.07, 6.45) is 3.07. The zero-order valence-electron chi connectivity index (χ0n) is 13.4. The van der Waals surface area contributed by atoms with Gasteiger partial charge in [0.15, 0.2) is 11.5 Å². The summed E-state index contributed by atoms with van der Waals surface area (Å²) in [5, 5.41) is 0. The Morgan fingerprint density at radius 3 is 2.59 bits per heavy atom. The molecule has 0 N–H and O–H groups in total. The number of nitrogens with zero attached hydrogens (tertiary/aromatic N) is 1. The van der Waals surface area contributed by atoms with E-state index in [0.29, 0.717) is 12.2 Å². The van der Waals surface area contributed by atoms with E-state index >= 15 is 0 Å². The highest BCUT2D eigenvalue weighted by molar-refractivity contribution is 5.70. The van der Waals surface area contributed by atoms with Crippen molar-refractivity contribution in [1.29, 1.82) is 0 Å². The Kier molecular flexibility index (Phi) is 5.44. The predicted octanol–water partition coefficient (Wildman–Crippen LogP) is 2.35. The summed E-state index contributed by atoms with van der Waals surface area (Å²) in [5.74, 6) is 1.17. The fraction of sp³-hybridized carbons (Fsp3) is 0.471. The highest BCUT2D eigenvalue weighted by Crippen LogP contribution is 2.39. The summed E-state index contributed by atoms with van der Waals surface area (Å²) in [4.78, 5) is 14.0. The summed E-state index contributed by atoms with van der Waals surface area (Å²) >= 11 is 0. The minimum atomic E-state index is -0.221. The monoisotopic (exact) mass is 305 g/mol. The van der Waals surface area contributed by atoms with Crippen LogP contribution >= 0.6 is 0 Å². The van der Waals surface area contributed by atoms with Crippen LogP contribution in [0.25, 0.3) is 0 Å². The summed E-state index contributed by atoms with van der Waals surface area (Å²) < 4.78 is 15.6. The molecule has 1 heterocycles. The van der Waals surface area contributed by atoms with Crippen LogP contribution in [0.1, 0.15) is 23.6 Å². The van der Waals surface area contributed by atoms with Crippen LogP contribution in [0.2, 0.25) is 0 Å². The van der Waals surface area contributed by atoms with E-state index in [1.807, 2.05) is 18.2 Å². The number of benzene rings is 1. The van der Waals surface area contributed by atoms with Gasteiger partial charge in [0.1, 0.15) is 0 Å². The number of ether oxygens (including phenoxy) is 3. The maximum atomic E-state index is 11.8. The van der Waals surface area contributed by atoms with Crippen LogP contribution in [0, 0.1) is 0 Å². The molecule has 1 aromatic carbocycles. The zero-order chi connectivity index (χ0) is 16.1. The van der Waals surface area contributed by atoms with Crippen molar-refractivity contribution in [1.82, 2.24) is 4.90 Å². The third kappa shape index (κ3) is 3.25. The standard InChI is InChI=1S/C17H23NO4/c1-5-7-18-8-6-12-9-15(20-2)16(21-3)10-13(12)14(18)11-17(19)22-4/h5,9-10,14H,1,6-8,11H2,2-4H3/t14-/m1/s1. The van der Waals surface area contributed by atoms with E-state index in [1.54, 1.807) is 14.2 Å². The minimum Gasteiger partial charge on any atom is -0.493 e. The van der Waals surface area contributed by atoms with E-state index in [-0.39, 0.29) is 12.0 Å². The highest BCUT2D eigenvalue weighted by atomic mass is 16.5. The van der Waals surface area contributed by atoms with Crippen LogP contribution in [0.15, 0.2) is 24.8 Å². The van der Waals surface area contributed by atoms with Gasteiger partial charge in [0.25, 0.3) is 0 Å². The zero-order valence-corrected chi connectivity index (χ0v) is 13.4. The maximum absolute atomic E-state index is 11.8. The first kappa shape index (κ1) is 16.4. The first-order chi connectivity index (χ1) is 10.6. The maximum Gasteiger partial charge on any atom is 0.307 e. The second-order valence-electron chi connectivity index (χ2n) is 5.24. The van der Waals surface area contributed by atoms with E-state index < -0.39 is 0 Å². The summed E-state index contributed by atoms with van der Waals surface area (Å²) in [6.45, 7) is 5.41. The van der Waals surface area contributed by atoms with Crippen molar-refractivity contribution < 1.29 is 19.0 Å². The number of fused-ring (bicyclic) bond motifs is 1. The van der Waals surface area contributed by atoms with Crippen molar-refractivity contribution >= 4 is 5.97 Å². The van der Waals surface area contributed by atoms with E-state index in [4.69, 9.17) is 14.2 Å². The Hall–Kier alpha value is -2.01. The number of rotatable bonds is 6. The molecular formula is C17H23NO4. The molecule has 0 fully saturated rings. The molecule has 5 heteroatoms. The van der Waals surface area contributed by atoms with Gasteiger partial charge in [0, 0.05) is 19.1 Å². The molecule has 0 unspecified atom stereocenters. The van der Waals surface area contributed by atoms with Crippen molar-refractivity contribution in [2.75, 3.05) is 34.4 Å². The van der Waals surface area contributed by atoms with Crippen molar-refractivity contribution in [2.24, 2.45) is 0 Å². The largest absolute Gasteiger partial charge is 0.493 e. The van der Waals surface area contributed by atoms with Gasteiger partial charge in [-0.25, -0.2) is 0 Å². The fourth-order valence-corrected chi connectivity index (χ4v) is 2.94. The molecule has 0 bridgehead atoms. The molecule has 1 aliphatic heterocycles. The smallest absolute Gasteiger partial charge is 0.307 e. The third-order valence-corrected chi connectivity index (χ3v) is 4.06. The SMILES string of the molecule is C=CCN1CCc2cc(OC)c(OC)cc2[C@H]1CC(=O)OC.